The highest BCUT2D eigenvalue weighted by atomic mass is 14.9. The maximum Gasteiger partial charge on any atom is 0.129 e. The molecule has 3 heteroatoms. The molecule has 17 heavy (non-hydrogen) atoms. The van der Waals surface area contributed by atoms with Gasteiger partial charge in [0.05, 0.1) is 5.69 Å². The Labute approximate surface area is 103 Å². The van der Waals surface area contributed by atoms with Crippen molar-refractivity contribution in [1.29, 1.82) is 0 Å². The van der Waals surface area contributed by atoms with Gasteiger partial charge in [-0.2, -0.15) is 0 Å². The van der Waals surface area contributed by atoms with E-state index in [0.717, 1.165) is 44.1 Å². The van der Waals surface area contributed by atoms with Crippen molar-refractivity contribution in [2.75, 3.05) is 6.54 Å². The first-order valence-electron chi connectivity index (χ1n) is 6.95. The minimum atomic E-state index is 0.861. The second kappa shape index (κ2) is 4.73. The molecule has 1 aromatic heterocycles. The van der Waals surface area contributed by atoms with Gasteiger partial charge in [0.1, 0.15) is 5.82 Å². The van der Waals surface area contributed by atoms with Gasteiger partial charge in [0.25, 0.3) is 0 Å². The monoisotopic (exact) mass is 231 g/mol. The van der Waals surface area contributed by atoms with E-state index in [9.17, 15) is 0 Å². The second-order valence-electron chi connectivity index (χ2n) is 5.29. The molecular weight excluding hydrogens is 210 g/mol. The molecule has 92 valence electrons. The SMILES string of the molecule is CCc1nc(CC2CCC2)nc2c1CNCC2. The van der Waals surface area contributed by atoms with Crippen LogP contribution in [0, 0.1) is 5.92 Å². The van der Waals surface area contributed by atoms with E-state index >= 15 is 0 Å². The number of fused-ring (bicyclic) bond motifs is 1. The fourth-order valence-corrected chi connectivity index (χ4v) is 2.81. The molecule has 1 aliphatic carbocycles. The van der Waals surface area contributed by atoms with Gasteiger partial charge >= 0.3 is 0 Å². The highest BCUT2D eigenvalue weighted by Gasteiger charge is 2.21. The summed E-state index contributed by atoms with van der Waals surface area (Å²) in [5.74, 6) is 1.96. The quantitative estimate of drug-likeness (QED) is 0.865. The van der Waals surface area contributed by atoms with Crippen molar-refractivity contribution < 1.29 is 0 Å². The molecule has 0 bridgehead atoms. The van der Waals surface area contributed by atoms with Crippen LogP contribution in [0.25, 0.3) is 0 Å². The molecule has 3 rings (SSSR count). The first-order valence-corrected chi connectivity index (χ1v) is 6.95. The Morgan fingerprint density at radius 3 is 2.88 bits per heavy atom. The molecule has 0 amide bonds. The molecule has 0 atom stereocenters. The maximum absolute atomic E-state index is 4.79. The van der Waals surface area contributed by atoms with E-state index in [1.54, 1.807) is 0 Å². The van der Waals surface area contributed by atoms with E-state index in [-0.39, 0.29) is 0 Å². The summed E-state index contributed by atoms with van der Waals surface area (Å²) >= 11 is 0. The maximum atomic E-state index is 4.79. The van der Waals surface area contributed by atoms with Gasteiger partial charge in [-0.3, -0.25) is 0 Å². The van der Waals surface area contributed by atoms with Crippen molar-refractivity contribution in [3.63, 3.8) is 0 Å². The van der Waals surface area contributed by atoms with Gasteiger partial charge in [-0.1, -0.05) is 26.2 Å². The number of aryl methyl sites for hydroxylation is 1. The Bertz CT molecular complexity index is 393. The van der Waals surface area contributed by atoms with Crippen LogP contribution in [0.4, 0.5) is 0 Å². The van der Waals surface area contributed by atoms with Gasteiger partial charge < -0.3 is 5.32 Å². The molecule has 2 heterocycles. The Kier molecular flexibility index (Phi) is 3.10. The molecule has 1 aliphatic heterocycles. The molecular formula is C14H21N3. The van der Waals surface area contributed by atoms with Crippen LogP contribution >= 0.6 is 0 Å². The summed E-state index contributed by atoms with van der Waals surface area (Å²) in [6.07, 6.45) is 7.37. The molecule has 0 spiro atoms. The van der Waals surface area contributed by atoms with Gasteiger partial charge in [0, 0.05) is 37.2 Å². The zero-order chi connectivity index (χ0) is 11.7. The zero-order valence-corrected chi connectivity index (χ0v) is 10.6. The minimum Gasteiger partial charge on any atom is -0.312 e. The number of hydrogen-bond donors (Lipinski definition) is 1. The number of rotatable bonds is 3. The first-order chi connectivity index (χ1) is 8.36. The summed E-state index contributed by atoms with van der Waals surface area (Å²) in [5.41, 5.74) is 3.96. The minimum absolute atomic E-state index is 0.861. The average molecular weight is 231 g/mol. The molecule has 2 aliphatic rings. The summed E-state index contributed by atoms with van der Waals surface area (Å²) in [7, 11) is 0. The lowest BCUT2D eigenvalue weighted by atomic mass is 9.83. The van der Waals surface area contributed by atoms with Crippen molar-refractivity contribution in [2.24, 2.45) is 5.92 Å². The predicted octanol–water partition coefficient (Wildman–Crippen LogP) is 2.03. The van der Waals surface area contributed by atoms with E-state index in [2.05, 4.69) is 12.2 Å². The summed E-state index contributed by atoms with van der Waals surface area (Å²) in [6.45, 7) is 4.22. The van der Waals surface area contributed by atoms with Gasteiger partial charge in [-0.25, -0.2) is 9.97 Å². The Morgan fingerprint density at radius 1 is 1.29 bits per heavy atom. The Morgan fingerprint density at radius 2 is 2.18 bits per heavy atom. The highest BCUT2D eigenvalue weighted by molar-refractivity contribution is 5.28. The van der Waals surface area contributed by atoms with Crippen molar-refractivity contribution in [3.05, 3.63) is 22.8 Å². The van der Waals surface area contributed by atoms with Crippen molar-refractivity contribution in [1.82, 2.24) is 15.3 Å². The number of nitrogens with one attached hydrogen (secondary N) is 1. The summed E-state index contributed by atoms with van der Waals surface area (Å²) < 4.78 is 0. The van der Waals surface area contributed by atoms with Crippen LogP contribution in [-0.2, 0) is 25.8 Å². The number of hydrogen-bond acceptors (Lipinski definition) is 3. The second-order valence-corrected chi connectivity index (χ2v) is 5.29. The third kappa shape index (κ3) is 2.21. The van der Waals surface area contributed by atoms with Gasteiger partial charge in [0.2, 0.25) is 0 Å². The lowest BCUT2D eigenvalue weighted by Crippen LogP contribution is -2.27. The standard InChI is InChI=1S/C14H21N3/c1-2-12-11-9-15-7-6-13(11)17-14(16-12)8-10-4-3-5-10/h10,15H,2-9H2,1H3. The van der Waals surface area contributed by atoms with Crippen molar-refractivity contribution >= 4 is 0 Å². The molecule has 1 N–H and O–H groups in total. The molecule has 0 unspecified atom stereocenters. The van der Waals surface area contributed by atoms with Crippen LogP contribution in [0.5, 0.6) is 0 Å². The molecule has 1 fully saturated rings. The largest absolute Gasteiger partial charge is 0.312 e. The normalized spacial score (nSPS) is 19.8. The van der Waals surface area contributed by atoms with Crippen LogP contribution in [0.15, 0.2) is 0 Å². The molecule has 0 radical (unpaired) electrons. The predicted molar refractivity (Wildman–Crippen MR) is 67.9 cm³/mol. The fourth-order valence-electron chi connectivity index (χ4n) is 2.81. The summed E-state index contributed by atoms with van der Waals surface area (Å²) in [4.78, 5) is 9.57. The van der Waals surface area contributed by atoms with Gasteiger partial charge in [-0.05, 0) is 12.3 Å². The third-order valence-corrected chi connectivity index (χ3v) is 4.10. The van der Waals surface area contributed by atoms with Crippen LogP contribution in [0.3, 0.4) is 0 Å². The van der Waals surface area contributed by atoms with Gasteiger partial charge in [-0.15, -0.1) is 0 Å². The van der Waals surface area contributed by atoms with E-state index in [1.807, 2.05) is 0 Å². The van der Waals surface area contributed by atoms with Crippen LogP contribution in [0.1, 0.15) is 49.0 Å². The zero-order valence-electron chi connectivity index (χ0n) is 10.6. The topological polar surface area (TPSA) is 37.8 Å². The molecule has 0 saturated heterocycles. The van der Waals surface area contributed by atoms with Crippen LogP contribution in [-0.4, -0.2) is 16.5 Å². The summed E-state index contributed by atoms with van der Waals surface area (Å²) in [5, 5.41) is 3.42. The van der Waals surface area contributed by atoms with Gasteiger partial charge in [0.15, 0.2) is 0 Å². The van der Waals surface area contributed by atoms with Crippen molar-refractivity contribution in [2.45, 2.75) is 52.0 Å². The fraction of sp³-hybridized carbons (Fsp3) is 0.714. The van der Waals surface area contributed by atoms with Crippen molar-refractivity contribution in [3.8, 4) is 0 Å². The Balaban J connectivity index is 1.88. The highest BCUT2D eigenvalue weighted by Crippen LogP contribution is 2.29. The molecule has 1 aromatic rings. The lowest BCUT2D eigenvalue weighted by Gasteiger charge is -2.26. The van der Waals surface area contributed by atoms with E-state index < -0.39 is 0 Å². The molecule has 0 aromatic carbocycles. The number of aromatic nitrogens is 2. The summed E-state index contributed by atoms with van der Waals surface area (Å²) in [6, 6.07) is 0. The molecule has 3 nitrogen and oxygen atoms in total. The Hall–Kier alpha value is -0.960. The van der Waals surface area contributed by atoms with E-state index in [1.165, 1.54) is 36.2 Å². The average Bonchev–Trinajstić information content (AvgIpc) is 2.33. The van der Waals surface area contributed by atoms with E-state index in [4.69, 9.17) is 9.97 Å². The smallest absolute Gasteiger partial charge is 0.129 e. The molecule has 1 saturated carbocycles. The van der Waals surface area contributed by atoms with Crippen LogP contribution in [0.2, 0.25) is 0 Å². The number of nitrogens with zero attached hydrogens (tertiary/aromatic N) is 2. The lowest BCUT2D eigenvalue weighted by molar-refractivity contribution is 0.308. The first kappa shape index (κ1) is 11.1. The third-order valence-electron chi connectivity index (χ3n) is 4.10. The van der Waals surface area contributed by atoms with Crippen LogP contribution < -0.4 is 5.32 Å². The van der Waals surface area contributed by atoms with E-state index in [0.29, 0.717) is 0 Å².